The van der Waals surface area contributed by atoms with Gasteiger partial charge in [0.1, 0.15) is 13.1 Å². The van der Waals surface area contributed by atoms with Crippen LogP contribution in [-0.2, 0) is 0 Å². The molecule has 0 saturated heterocycles. The summed E-state index contributed by atoms with van der Waals surface area (Å²) in [4.78, 5) is 4.27. The molecule has 1 aromatic rings. The Kier molecular flexibility index (Phi) is 4.66. The third kappa shape index (κ3) is 5.41. The van der Waals surface area contributed by atoms with E-state index in [2.05, 4.69) is 48.7 Å². The highest BCUT2D eigenvalue weighted by Crippen LogP contribution is 2.16. The molecule has 0 fully saturated rings. The van der Waals surface area contributed by atoms with Gasteiger partial charge in [-0.15, -0.1) is 18.2 Å². The quantitative estimate of drug-likeness (QED) is 0.258. The molecule has 0 radical (unpaired) electrons. The third-order valence-electron chi connectivity index (χ3n) is 1.61. The number of thiol groups is 1. The second-order valence-electron chi connectivity index (χ2n) is 4.41. The highest BCUT2D eigenvalue weighted by atomic mass is 35.5. The number of hydrogen-bond acceptors (Lipinski definition) is 1. The molecule has 0 bridgehead atoms. The van der Waals surface area contributed by atoms with Crippen molar-refractivity contribution in [2.45, 2.75) is 19.6 Å². The maximum atomic E-state index is 5.78. The molecule has 0 saturated carbocycles. The van der Waals surface area contributed by atoms with Crippen LogP contribution in [0.25, 0.3) is 0 Å². The summed E-state index contributed by atoms with van der Waals surface area (Å²) in [6, 6.07) is 7.28. The van der Waals surface area contributed by atoms with Crippen molar-refractivity contribution in [2.24, 2.45) is 4.99 Å². The Morgan fingerprint density at radius 2 is 1.81 bits per heavy atom. The van der Waals surface area contributed by atoms with Gasteiger partial charge in [-0.3, -0.25) is 0 Å². The average Bonchev–Trinajstić information content (AvgIpc) is 2.18. The largest absolute Gasteiger partial charge is 0.233 e. The smallest absolute Gasteiger partial charge is 0.143 e. The van der Waals surface area contributed by atoms with E-state index in [0.29, 0.717) is 10.1 Å². The van der Waals surface area contributed by atoms with Crippen LogP contribution in [0.15, 0.2) is 29.3 Å². The second kappa shape index (κ2) is 5.58. The summed E-state index contributed by atoms with van der Waals surface area (Å²) in [5.74, 6) is 2.98. The van der Waals surface area contributed by atoms with Gasteiger partial charge in [-0.05, 0) is 30.2 Å². The summed E-state index contributed by atoms with van der Waals surface area (Å²) in [5.41, 5.74) is 4.03. The van der Waals surface area contributed by atoms with Crippen LogP contribution >= 0.6 is 24.2 Å². The van der Waals surface area contributed by atoms with Crippen LogP contribution in [0.4, 0.5) is 5.69 Å². The maximum Gasteiger partial charge on any atom is 0.143 e. The first-order valence-electron chi connectivity index (χ1n) is 4.93. The van der Waals surface area contributed by atoms with Crippen LogP contribution in [-0.4, -0.2) is 13.1 Å². The van der Waals surface area contributed by atoms with Gasteiger partial charge in [0.2, 0.25) is 0 Å². The van der Waals surface area contributed by atoms with Gasteiger partial charge in [0.05, 0.1) is 5.69 Å². The maximum absolute atomic E-state index is 5.78. The summed E-state index contributed by atoms with van der Waals surface area (Å²) < 4.78 is 0. The molecule has 0 N–H and O–H groups in total. The van der Waals surface area contributed by atoms with Crippen LogP contribution in [0.3, 0.4) is 0 Å². The van der Waals surface area contributed by atoms with Crippen molar-refractivity contribution in [1.82, 2.24) is 0 Å². The van der Waals surface area contributed by atoms with Crippen molar-refractivity contribution >= 4 is 43.0 Å². The SMILES string of the molecule is C[Si](C)(C)C#CC(S)=Nc1ccc(Cl)cc1. The van der Waals surface area contributed by atoms with Crippen LogP contribution in [0.5, 0.6) is 0 Å². The van der Waals surface area contributed by atoms with Gasteiger partial charge >= 0.3 is 0 Å². The van der Waals surface area contributed by atoms with Crippen molar-refractivity contribution in [3.05, 3.63) is 29.3 Å². The fourth-order valence-corrected chi connectivity index (χ4v) is 1.81. The first kappa shape index (κ1) is 13.4. The molecule has 0 aliphatic carbocycles. The zero-order valence-corrected chi connectivity index (χ0v) is 12.2. The van der Waals surface area contributed by atoms with Crippen LogP contribution in [0, 0.1) is 11.5 Å². The minimum absolute atomic E-state index is 0.546. The standard InChI is InChI=1S/C12H14ClNSSi/c1-16(2,3)9-8-12(15)14-11-6-4-10(13)5-7-11/h4-7H,1-3H3,(H,14,15). The molecule has 0 aliphatic rings. The molecule has 0 atom stereocenters. The predicted octanol–water partition coefficient (Wildman–Crippen LogP) is 4.18. The van der Waals surface area contributed by atoms with E-state index in [0.717, 1.165) is 5.69 Å². The molecule has 0 aliphatic heterocycles. The van der Waals surface area contributed by atoms with Gasteiger partial charge in [-0.2, -0.15) is 0 Å². The lowest BCUT2D eigenvalue weighted by Crippen LogP contribution is -2.16. The lowest BCUT2D eigenvalue weighted by molar-refractivity contribution is 1.54. The van der Waals surface area contributed by atoms with E-state index in [1.165, 1.54) is 0 Å². The molecule has 0 heterocycles. The Morgan fingerprint density at radius 1 is 1.25 bits per heavy atom. The van der Waals surface area contributed by atoms with Crippen molar-refractivity contribution < 1.29 is 0 Å². The Morgan fingerprint density at radius 3 is 2.31 bits per heavy atom. The molecular formula is C12H14ClNSSi. The minimum atomic E-state index is -1.36. The first-order valence-corrected chi connectivity index (χ1v) is 9.26. The van der Waals surface area contributed by atoms with E-state index in [1.807, 2.05) is 12.1 Å². The fraction of sp³-hybridized carbons (Fsp3) is 0.250. The van der Waals surface area contributed by atoms with Gasteiger partial charge in [-0.1, -0.05) is 31.2 Å². The molecule has 0 amide bonds. The lowest BCUT2D eigenvalue weighted by Gasteiger charge is -2.02. The number of aliphatic imine (C=N–C) groups is 1. The van der Waals surface area contributed by atoms with E-state index in [-0.39, 0.29) is 0 Å². The van der Waals surface area contributed by atoms with Gasteiger partial charge in [-0.25, -0.2) is 4.99 Å². The molecular weight excluding hydrogens is 254 g/mol. The average molecular weight is 268 g/mol. The van der Waals surface area contributed by atoms with E-state index in [1.54, 1.807) is 12.1 Å². The Bertz CT molecular complexity index is 449. The van der Waals surface area contributed by atoms with Gasteiger partial charge in [0.25, 0.3) is 0 Å². The Labute approximate surface area is 108 Å². The van der Waals surface area contributed by atoms with Crippen LogP contribution < -0.4 is 0 Å². The Balaban J connectivity index is 2.84. The zero-order chi connectivity index (χ0) is 12.2. The molecule has 1 nitrogen and oxygen atoms in total. The van der Waals surface area contributed by atoms with Crippen molar-refractivity contribution in [3.63, 3.8) is 0 Å². The molecule has 0 unspecified atom stereocenters. The monoisotopic (exact) mass is 267 g/mol. The molecule has 16 heavy (non-hydrogen) atoms. The normalized spacial score (nSPS) is 11.9. The van der Waals surface area contributed by atoms with Crippen molar-refractivity contribution in [3.8, 4) is 11.5 Å². The predicted molar refractivity (Wildman–Crippen MR) is 78.7 cm³/mol. The fourth-order valence-electron chi connectivity index (χ4n) is 0.909. The molecule has 1 aromatic carbocycles. The summed E-state index contributed by atoms with van der Waals surface area (Å²) in [5, 5.41) is 1.25. The number of benzene rings is 1. The minimum Gasteiger partial charge on any atom is -0.233 e. The number of hydrogen-bond donors (Lipinski definition) is 1. The molecule has 0 aromatic heterocycles. The lowest BCUT2D eigenvalue weighted by atomic mass is 10.3. The second-order valence-corrected chi connectivity index (χ2v) is 10.0. The summed E-state index contributed by atoms with van der Waals surface area (Å²) in [7, 11) is -1.36. The number of nitrogens with zero attached hydrogens (tertiary/aromatic N) is 1. The van der Waals surface area contributed by atoms with E-state index >= 15 is 0 Å². The van der Waals surface area contributed by atoms with Crippen molar-refractivity contribution in [1.29, 1.82) is 0 Å². The van der Waals surface area contributed by atoms with E-state index in [9.17, 15) is 0 Å². The van der Waals surface area contributed by atoms with Gasteiger partial charge < -0.3 is 0 Å². The number of halogens is 1. The molecule has 84 valence electrons. The third-order valence-corrected chi connectivity index (χ3v) is 2.95. The van der Waals surface area contributed by atoms with Crippen LogP contribution in [0.1, 0.15) is 0 Å². The molecule has 1 rings (SSSR count). The van der Waals surface area contributed by atoms with Gasteiger partial charge in [0.15, 0.2) is 0 Å². The van der Waals surface area contributed by atoms with E-state index < -0.39 is 8.07 Å². The zero-order valence-electron chi connectivity index (χ0n) is 9.58. The van der Waals surface area contributed by atoms with E-state index in [4.69, 9.17) is 11.6 Å². The Hall–Kier alpha value is -0.693. The summed E-state index contributed by atoms with van der Waals surface area (Å²) in [6.07, 6.45) is 0. The van der Waals surface area contributed by atoms with Crippen LogP contribution in [0.2, 0.25) is 24.7 Å². The summed E-state index contributed by atoms with van der Waals surface area (Å²) >= 11 is 10.0. The summed E-state index contributed by atoms with van der Waals surface area (Å²) in [6.45, 7) is 6.55. The number of rotatable bonds is 1. The van der Waals surface area contributed by atoms with Crippen molar-refractivity contribution in [2.75, 3.05) is 0 Å². The molecule has 4 heteroatoms. The first-order chi connectivity index (χ1) is 7.37. The topological polar surface area (TPSA) is 12.4 Å². The highest BCUT2D eigenvalue weighted by Gasteiger charge is 2.07. The molecule has 0 spiro atoms. The highest BCUT2D eigenvalue weighted by molar-refractivity contribution is 7.97. The van der Waals surface area contributed by atoms with Gasteiger partial charge in [0, 0.05) is 5.02 Å².